The third kappa shape index (κ3) is 4.78. The van der Waals surface area contributed by atoms with Crippen molar-refractivity contribution in [2.45, 2.75) is 31.6 Å². The average Bonchev–Trinajstić information content (AvgIpc) is 2.54. The van der Waals surface area contributed by atoms with Crippen molar-refractivity contribution in [2.24, 2.45) is 5.92 Å². The molecule has 1 aliphatic rings. The Hall–Kier alpha value is -2.42. The van der Waals surface area contributed by atoms with Crippen LogP contribution in [0.3, 0.4) is 0 Å². The molecule has 0 heterocycles. The first-order valence-corrected chi connectivity index (χ1v) is 7.42. The van der Waals surface area contributed by atoms with Crippen molar-refractivity contribution in [3.8, 4) is 11.8 Å². The molecule has 1 aromatic carbocycles. The number of ether oxygens (including phenoxy) is 1. The fraction of sp³-hybridized carbons (Fsp3) is 0.412. The monoisotopic (exact) mass is 320 g/mol. The standard InChI is InChI=1S/C17H18F2N2O2/c1-2-16(22)21-15-4-3-14(9-13(15)10-20)23-11-12-5-7-17(18,19)8-6-12/h2-4,9,12H,1,5-8,11H2,(H,21,22). The maximum atomic E-state index is 13.1. The molecule has 4 nitrogen and oxygen atoms in total. The van der Waals surface area contributed by atoms with Crippen LogP contribution in [-0.2, 0) is 4.79 Å². The van der Waals surface area contributed by atoms with Crippen LogP contribution in [0.15, 0.2) is 30.9 Å². The van der Waals surface area contributed by atoms with E-state index in [4.69, 9.17) is 10.00 Å². The number of carbonyl (C=O) groups excluding carboxylic acids is 1. The first-order valence-electron chi connectivity index (χ1n) is 7.42. The Kier molecular flexibility index (Phi) is 5.32. The molecule has 0 saturated heterocycles. The Morgan fingerprint density at radius 1 is 1.48 bits per heavy atom. The van der Waals surface area contributed by atoms with E-state index in [9.17, 15) is 13.6 Å². The van der Waals surface area contributed by atoms with Crippen LogP contribution < -0.4 is 10.1 Å². The van der Waals surface area contributed by atoms with Crippen molar-refractivity contribution in [3.63, 3.8) is 0 Å². The second kappa shape index (κ2) is 7.23. The summed E-state index contributed by atoms with van der Waals surface area (Å²) in [6.45, 7) is 3.69. The van der Waals surface area contributed by atoms with Gasteiger partial charge in [-0.1, -0.05) is 6.58 Å². The molecule has 1 saturated carbocycles. The van der Waals surface area contributed by atoms with Gasteiger partial charge in [-0.2, -0.15) is 5.26 Å². The van der Waals surface area contributed by atoms with Gasteiger partial charge < -0.3 is 10.1 Å². The molecule has 0 spiro atoms. The van der Waals surface area contributed by atoms with E-state index in [0.717, 1.165) is 6.08 Å². The molecule has 0 unspecified atom stereocenters. The van der Waals surface area contributed by atoms with Crippen LogP contribution in [0.2, 0.25) is 0 Å². The predicted octanol–water partition coefficient (Wildman–Crippen LogP) is 3.89. The van der Waals surface area contributed by atoms with E-state index in [2.05, 4.69) is 11.9 Å². The largest absolute Gasteiger partial charge is 0.493 e. The zero-order valence-electron chi connectivity index (χ0n) is 12.6. The van der Waals surface area contributed by atoms with Crippen molar-refractivity contribution < 1.29 is 18.3 Å². The number of benzene rings is 1. The summed E-state index contributed by atoms with van der Waals surface area (Å²) in [4.78, 5) is 11.3. The number of halogens is 2. The van der Waals surface area contributed by atoms with E-state index in [1.54, 1.807) is 12.1 Å². The quantitative estimate of drug-likeness (QED) is 0.837. The van der Waals surface area contributed by atoms with Crippen LogP contribution in [0.5, 0.6) is 5.75 Å². The average molecular weight is 320 g/mol. The molecule has 0 atom stereocenters. The first kappa shape index (κ1) is 16.9. The van der Waals surface area contributed by atoms with Crippen LogP contribution in [0.4, 0.5) is 14.5 Å². The van der Waals surface area contributed by atoms with E-state index < -0.39 is 11.8 Å². The highest BCUT2D eigenvalue weighted by Gasteiger charge is 2.34. The summed E-state index contributed by atoms with van der Waals surface area (Å²) in [6.07, 6.45) is 1.79. The maximum absolute atomic E-state index is 13.1. The molecule has 122 valence electrons. The highest BCUT2D eigenvalue weighted by molar-refractivity contribution is 5.99. The van der Waals surface area contributed by atoms with Crippen LogP contribution in [0.1, 0.15) is 31.2 Å². The zero-order valence-corrected chi connectivity index (χ0v) is 12.6. The number of nitrogens with zero attached hydrogens (tertiary/aromatic N) is 1. The van der Waals surface area contributed by atoms with Crippen molar-refractivity contribution in [1.82, 2.24) is 0 Å². The smallest absolute Gasteiger partial charge is 0.248 e. The van der Waals surface area contributed by atoms with Crippen LogP contribution >= 0.6 is 0 Å². The van der Waals surface area contributed by atoms with E-state index in [0.29, 0.717) is 30.9 Å². The molecule has 1 N–H and O–H groups in total. The lowest BCUT2D eigenvalue weighted by Gasteiger charge is -2.28. The lowest BCUT2D eigenvalue weighted by Crippen LogP contribution is -2.27. The van der Waals surface area contributed by atoms with Crippen molar-refractivity contribution in [3.05, 3.63) is 36.4 Å². The van der Waals surface area contributed by atoms with Gasteiger partial charge in [0.05, 0.1) is 17.9 Å². The second-order valence-corrected chi connectivity index (χ2v) is 5.62. The summed E-state index contributed by atoms with van der Waals surface area (Å²) < 4.78 is 31.8. The molecule has 2 rings (SSSR count). The molecule has 6 heteroatoms. The van der Waals surface area contributed by atoms with Gasteiger partial charge in [-0.15, -0.1) is 0 Å². The van der Waals surface area contributed by atoms with Crippen LogP contribution in [0.25, 0.3) is 0 Å². The Labute approximate surface area is 133 Å². The molecule has 23 heavy (non-hydrogen) atoms. The van der Waals surface area contributed by atoms with E-state index in [1.807, 2.05) is 6.07 Å². The molecule has 1 aromatic rings. The minimum absolute atomic E-state index is 0.0975. The lowest BCUT2D eigenvalue weighted by atomic mass is 9.87. The number of hydrogen-bond donors (Lipinski definition) is 1. The number of carbonyl (C=O) groups is 1. The highest BCUT2D eigenvalue weighted by atomic mass is 19.3. The third-order valence-electron chi connectivity index (χ3n) is 3.88. The Bertz CT molecular complexity index is 628. The van der Waals surface area contributed by atoms with Gasteiger partial charge in [0, 0.05) is 12.8 Å². The van der Waals surface area contributed by atoms with Crippen LogP contribution in [-0.4, -0.2) is 18.4 Å². The number of rotatable bonds is 5. The number of anilines is 1. The Morgan fingerprint density at radius 3 is 2.78 bits per heavy atom. The molecule has 1 aliphatic carbocycles. The van der Waals surface area contributed by atoms with Gasteiger partial charge in [0.2, 0.25) is 11.8 Å². The summed E-state index contributed by atoms with van der Waals surface area (Å²) in [5.41, 5.74) is 0.648. The molecule has 1 fully saturated rings. The summed E-state index contributed by atoms with van der Waals surface area (Å²) in [5, 5.41) is 11.7. The van der Waals surface area contributed by atoms with Gasteiger partial charge in [-0.25, -0.2) is 8.78 Å². The minimum atomic E-state index is -2.55. The van der Waals surface area contributed by atoms with Crippen molar-refractivity contribution >= 4 is 11.6 Å². The van der Waals surface area contributed by atoms with Gasteiger partial charge in [-0.05, 0) is 43.0 Å². The number of amides is 1. The molecular formula is C17H18F2N2O2. The number of nitriles is 1. The molecular weight excluding hydrogens is 302 g/mol. The molecule has 1 amide bonds. The van der Waals surface area contributed by atoms with E-state index in [1.165, 1.54) is 6.07 Å². The van der Waals surface area contributed by atoms with Gasteiger partial charge in [-0.3, -0.25) is 4.79 Å². The Morgan fingerprint density at radius 2 is 2.17 bits per heavy atom. The molecule has 0 bridgehead atoms. The van der Waals surface area contributed by atoms with E-state index in [-0.39, 0.29) is 24.3 Å². The fourth-order valence-electron chi connectivity index (χ4n) is 2.48. The number of alkyl halides is 2. The predicted molar refractivity (Wildman–Crippen MR) is 82.4 cm³/mol. The minimum Gasteiger partial charge on any atom is -0.493 e. The number of nitrogens with one attached hydrogen (secondary N) is 1. The molecule has 0 aliphatic heterocycles. The summed E-state index contributed by atoms with van der Waals surface area (Å²) in [7, 11) is 0. The Balaban J connectivity index is 1.95. The zero-order chi connectivity index (χ0) is 16.9. The fourth-order valence-corrected chi connectivity index (χ4v) is 2.48. The topological polar surface area (TPSA) is 62.1 Å². The second-order valence-electron chi connectivity index (χ2n) is 5.62. The first-order chi connectivity index (χ1) is 10.9. The van der Waals surface area contributed by atoms with Gasteiger partial charge in [0.25, 0.3) is 0 Å². The van der Waals surface area contributed by atoms with E-state index >= 15 is 0 Å². The highest BCUT2D eigenvalue weighted by Crippen LogP contribution is 2.36. The lowest BCUT2D eigenvalue weighted by molar-refractivity contribution is -0.111. The van der Waals surface area contributed by atoms with Crippen LogP contribution in [0, 0.1) is 17.2 Å². The normalized spacial score (nSPS) is 17.1. The van der Waals surface area contributed by atoms with Gasteiger partial charge in [0.1, 0.15) is 11.8 Å². The number of hydrogen-bond acceptors (Lipinski definition) is 3. The molecule has 0 aromatic heterocycles. The third-order valence-corrected chi connectivity index (χ3v) is 3.88. The maximum Gasteiger partial charge on any atom is 0.248 e. The van der Waals surface area contributed by atoms with Gasteiger partial charge >= 0.3 is 0 Å². The van der Waals surface area contributed by atoms with Crippen molar-refractivity contribution in [2.75, 3.05) is 11.9 Å². The summed E-state index contributed by atoms with van der Waals surface area (Å²) in [6, 6.07) is 6.72. The molecule has 0 radical (unpaired) electrons. The van der Waals surface area contributed by atoms with Gasteiger partial charge in [0.15, 0.2) is 0 Å². The SMILES string of the molecule is C=CC(=O)Nc1ccc(OCC2CCC(F)(F)CC2)cc1C#N. The summed E-state index contributed by atoms with van der Waals surface area (Å²) in [5.74, 6) is -2.37. The van der Waals surface area contributed by atoms with Crippen molar-refractivity contribution in [1.29, 1.82) is 5.26 Å². The summed E-state index contributed by atoms with van der Waals surface area (Å²) >= 11 is 0.